The minimum absolute atomic E-state index is 0.0864. The number of anilines is 2. The first kappa shape index (κ1) is 19.3. The highest BCUT2D eigenvalue weighted by Crippen LogP contribution is 2.30. The van der Waals surface area contributed by atoms with Crippen LogP contribution in [0.4, 0.5) is 17.1 Å². The Morgan fingerprint density at radius 1 is 1.29 bits per heavy atom. The number of benzene rings is 2. The zero-order valence-corrected chi connectivity index (χ0v) is 15.3. The summed E-state index contributed by atoms with van der Waals surface area (Å²) in [7, 11) is 0. The predicted octanol–water partition coefficient (Wildman–Crippen LogP) is 2.78. The van der Waals surface area contributed by atoms with E-state index in [1.54, 1.807) is 24.3 Å². The van der Waals surface area contributed by atoms with Crippen LogP contribution in [0.1, 0.15) is 17.3 Å². The number of nitro groups is 1. The number of rotatable bonds is 4. The van der Waals surface area contributed by atoms with Gasteiger partial charge in [0.05, 0.1) is 16.3 Å². The first-order chi connectivity index (χ1) is 13.3. The summed E-state index contributed by atoms with van der Waals surface area (Å²) in [6, 6.07) is 10.2. The summed E-state index contributed by atoms with van der Waals surface area (Å²) < 4.78 is 5.12. The molecule has 10 heteroatoms. The molecule has 3 rings (SSSR count). The first-order valence-electron chi connectivity index (χ1n) is 8.13. The molecule has 0 radical (unpaired) electrons. The van der Waals surface area contributed by atoms with Crippen LogP contribution in [0.2, 0.25) is 5.02 Å². The predicted molar refractivity (Wildman–Crippen MR) is 100 cm³/mol. The zero-order chi connectivity index (χ0) is 20.4. The van der Waals surface area contributed by atoms with Crippen molar-refractivity contribution in [1.29, 1.82) is 0 Å². The van der Waals surface area contributed by atoms with Gasteiger partial charge in [-0.15, -0.1) is 0 Å². The Hall–Kier alpha value is -3.46. The molecule has 1 N–H and O–H groups in total. The Labute approximate surface area is 164 Å². The highest BCUT2D eigenvalue weighted by molar-refractivity contribution is 6.31. The van der Waals surface area contributed by atoms with Gasteiger partial charge in [0.15, 0.2) is 6.10 Å². The van der Waals surface area contributed by atoms with Gasteiger partial charge in [-0.25, -0.2) is 4.79 Å². The van der Waals surface area contributed by atoms with Crippen LogP contribution in [0.25, 0.3) is 0 Å². The Bertz CT molecular complexity index is 993. The fourth-order valence-electron chi connectivity index (χ4n) is 2.75. The summed E-state index contributed by atoms with van der Waals surface area (Å²) in [5.41, 5.74) is 0.0668. The molecule has 1 unspecified atom stereocenters. The lowest BCUT2D eigenvalue weighted by molar-refractivity contribution is -0.385. The van der Waals surface area contributed by atoms with Crippen LogP contribution in [0.3, 0.4) is 0 Å². The van der Waals surface area contributed by atoms with Crippen LogP contribution in [0.5, 0.6) is 0 Å². The van der Waals surface area contributed by atoms with E-state index < -0.39 is 28.6 Å². The van der Waals surface area contributed by atoms with Crippen molar-refractivity contribution in [3.63, 3.8) is 0 Å². The van der Waals surface area contributed by atoms with Crippen molar-refractivity contribution in [1.82, 2.24) is 0 Å². The monoisotopic (exact) mass is 403 g/mol. The average molecular weight is 404 g/mol. The minimum atomic E-state index is -1.28. The molecule has 2 amide bonds. The molecule has 2 aromatic carbocycles. The zero-order valence-electron chi connectivity index (χ0n) is 14.5. The van der Waals surface area contributed by atoms with E-state index in [0.717, 1.165) is 12.1 Å². The molecule has 9 nitrogen and oxygen atoms in total. The Morgan fingerprint density at radius 2 is 2.00 bits per heavy atom. The number of halogens is 1. The Kier molecular flexibility index (Phi) is 5.27. The number of nitrogens with one attached hydrogen (secondary N) is 1. The summed E-state index contributed by atoms with van der Waals surface area (Å²) in [5, 5.41) is 13.9. The molecule has 28 heavy (non-hydrogen) atoms. The fraction of sp³-hybridized carbons (Fsp3) is 0.167. The van der Waals surface area contributed by atoms with Crippen molar-refractivity contribution < 1.29 is 24.0 Å². The highest BCUT2D eigenvalue weighted by atomic mass is 35.5. The smallest absolute Gasteiger partial charge is 0.345 e. The maximum Gasteiger partial charge on any atom is 0.345 e. The molecule has 1 atom stereocenters. The molecule has 0 spiro atoms. The average Bonchev–Trinajstić information content (AvgIpc) is 2.66. The number of amides is 2. The maximum atomic E-state index is 12.8. The molecule has 2 aromatic rings. The summed E-state index contributed by atoms with van der Waals surface area (Å²) in [4.78, 5) is 48.6. The topological polar surface area (TPSA) is 119 Å². The van der Waals surface area contributed by atoms with E-state index in [9.17, 15) is 24.5 Å². The van der Waals surface area contributed by atoms with E-state index in [1.165, 1.54) is 17.9 Å². The van der Waals surface area contributed by atoms with E-state index in [0.29, 0.717) is 11.4 Å². The summed E-state index contributed by atoms with van der Waals surface area (Å²) >= 11 is 5.73. The molecule has 0 saturated carbocycles. The number of hydrogen-bond donors (Lipinski definition) is 1. The third-order valence-corrected chi connectivity index (χ3v) is 4.28. The van der Waals surface area contributed by atoms with Gasteiger partial charge >= 0.3 is 5.97 Å². The second-order valence-electron chi connectivity index (χ2n) is 5.96. The van der Waals surface area contributed by atoms with Gasteiger partial charge in [-0.1, -0.05) is 23.7 Å². The van der Waals surface area contributed by atoms with Gasteiger partial charge in [0.25, 0.3) is 11.6 Å². The van der Waals surface area contributed by atoms with Gasteiger partial charge in [-0.05, 0) is 31.2 Å². The minimum Gasteiger partial charge on any atom is -0.449 e. The molecule has 144 valence electrons. The Balaban J connectivity index is 1.81. The van der Waals surface area contributed by atoms with Crippen LogP contribution in [-0.2, 0) is 14.3 Å². The molecular formula is C18H14ClN3O6. The molecule has 1 aliphatic heterocycles. The van der Waals surface area contributed by atoms with Crippen LogP contribution in [-0.4, -0.2) is 35.4 Å². The van der Waals surface area contributed by atoms with Gasteiger partial charge in [0.1, 0.15) is 12.1 Å². The number of fused-ring (bicyclic) bond motifs is 1. The van der Waals surface area contributed by atoms with Crippen LogP contribution < -0.4 is 10.2 Å². The molecule has 0 fully saturated rings. The van der Waals surface area contributed by atoms with Crippen molar-refractivity contribution in [3.05, 3.63) is 63.2 Å². The van der Waals surface area contributed by atoms with Crippen molar-refractivity contribution in [3.8, 4) is 0 Å². The third kappa shape index (κ3) is 3.79. The third-order valence-electron chi connectivity index (χ3n) is 4.04. The lowest BCUT2D eigenvalue weighted by Gasteiger charge is -2.30. The summed E-state index contributed by atoms with van der Waals surface area (Å²) in [6.45, 7) is 1.09. The molecule has 1 aliphatic rings. The molecular weight excluding hydrogens is 390 g/mol. The SMILES string of the molecule is CC(OC(=O)c1ccc(Cl)cc1[N+](=O)[O-])C(=O)N1CC(=O)Nc2ccccc21. The van der Waals surface area contributed by atoms with Gasteiger partial charge in [-0.2, -0.15) is 0 Å². The highest BCUT2D eigenvalue weighted by Gasteiger charge is 2.32. The number of carbonyl (C=O) groups is 3. The standard InChI is InChI=1S/C18H14ClN3O6/c1-10(28-18(25)12-7-6-11(19)8-15(12)22(26)27)17(24)21-9-16(23)20-13-4-2-3-5-14(13)21/h2-8,10H,9H2,1H3,(H,20,23). The number of carbonyl (C=O) groups excluding carboxylic acids is 3. The van der Waals surface area contributed by atoms with Gasteiger partial charge in [0.2, 0.25) is 5.91 Å². The van der Waals surface area contributed by atoms with Crippen molar-refractivity contribution >= 4 is 46.4 Å². The number of esters is 1. The van der Waals surface area contributed by atoms with E-state index in [-0.39, 0.29) is 23.0 Å². The van der Waals surface area contributed by atoms with Crippen molar-refractivity contribution in [2.45, 2.75) is 13.0 Å². The summed E-state index contributed by atoms with van der Waals surface area (Å²) in [5.74, 6) is -2.06. The molecule has 0 aromatic heterocycles. The van der Waals surface area contributed by atoms with E-state index in [4.69, 9.17) is 16.3 Å². The van der Waals surface area contributed by atoms with Gasteiger partial charge in [-0.3, -0.25) is 24.6 Å². The quantitative estimate of drug-likeness (QED) is 0.476. The lowest BCUT2D eigenvalue weighted by atomic mass is 10.1. The number of nitro benzene ring substituents is 1. The molecule has 0 aliphatic carbocycles. The number of hydrogen-bond acceptors (Lipinski definition) is 6. The van der Waals surface area contributed by atoms with Crippen molar-refractivity contribution in [2.75, 3.05) is 16.8 Å². The number of para-hydroxylation sites is 2. The van der Waals surface area contributed by atoms with E-state index in [2.05, 4.69) is 5.32 Å². The molecule has 1 heterocycles. The van der Waals surface area contributed by atoms with Crippen molar-refractivity contribution in [2.24, 2.45) is 0 Å². The molecule has 0 bridgehead atoms. The maximum absolute atomic E-state index is 12.8. The second-order valence-corrected chi connectivity index (χ2v) is 6.39. The Morgan fingerprint density at radius 3 is 2.71 bits per heavy atom. The first-order valence-corrected chi connectivity index (χ1v) is 8.51. The second kappa shape index (κ2) is 7.65. The van der Waals surface area contributed by atoms with Gasteiger partial charge < -0.3 is 10.1 Å². The lowest BCUT2D eigenvalue weighted by Crippen LogP contribution is -2.47. The van der Waals surface area contributed by atoms with Crippen LogP contribution in [0, 0.1) is 10.1 Å². The van der Waals surface area contributed by atoms with E-state index in [1.807, 2.05) is 0 Å². The number of nitrogens with zero attached hydrogens (tertiary/aromatic N) is 2. The van der Waals surface area contributed by atoms with E-state index >= 15 is 0 Å². The number of ether oxygens (including phenoxy) is 1. The molecule has 0 saturated heterocycles. The fourth-order valence-corrected chi connectivity index (χ4v) is 2.92. The van der Waals surface area contributed by atoms with Gasteiger partial charge in [0, 0.05) is 11.1 Å². The van der Waals surface area contributed by atoms with Crippen LogP contribution in [0.15, 0.2) is 42.5 Å². The largest absolute Gasteiger partial charge is 0.449 e. The summed E-state index contributed by atoms with van der Waals surface area (Å²) in [6.07, 6.45) is -1.28. The van der Waals surface area contributed by atoms with Crippen LogP contribution >= 0.6 is 11.6 Å². The normalized spacial score (nSPS) is 13.9.